The van der Waals surface area contributed by atoms with Gasteiger partial charge in [0.25, 0.3) is 0 Å². The van der Waals surface area contributed by atoms with Gasteiger partial charge in [-0.25, -0.2) is 21.3 Å². The highest BCUT2D eigenvalue weighted by Gasteiger charge is 2.23. The molecule has 29 heavy (non-hydrogen) atoms. The highest BCUT2D eigenvalue weighted by Crippen LogP contribution is 2.33. The van der Waals surface area contributed by atoms with Crippen LogP contribution in [0.4, 0.5) is 9.59 Å². The molecular weight excluding hydrogens is 380 g/mol. The summed E-state index contributed by atoms with van der Waals surface area (Å²) in [5, 5.41) is 0. The predicted molar refractivity (Wildman–Crippen MR) is 104 cm³/mol. The van der Waals surface area contributed by atoms with E-state index in [1.807, 2.05) is 35.1 Å². The summed E-state index contributed by atoms with van der Waals surface area (Å²) in [6.45, 7) is 3.68. The van der Waals surface area contributed by atoms with E-state index < -0.39 is 12.2 Å². The molecule has 10 nitrogen and oxygen atoms in total. The molecule has 0 aliphatic rings. The van der Waals surface area contributed by atoms with Crippen LogP contribution in [0.5, 0.6) is 11.5 Å². The number of rotatable bonds is 8. The van der Waals surface area contributed by atoms with Crippen molar-refractivity contribution in [2.24, 2.45) is 11.7 Å². The number of ether oxygens (including phenoxy) is 4. The van der Waals surface area contributed by atoms with Gasteiger partial charge in [-0.15, -0.1) is 0 Å². The van der Waals surface area contributed by atoms with Gasteiger partial charge in [-0.3, -0.25) is 10.9 Å². The number of hydrazine groups is 2. The monoisotopic (exact) mass is 404 g/mol. The van der Waals surface area contributed by atoms with Crippen LogP contribution in [0.1, 0.15) is 25.0 Å². The molecule has 0 saturated heterocycles. The van der Waals surface area contributed by atoms with Gasteiger partial charge in [0.15, 0.2) is 0 Å². The largest absolute Gasteiger partial charge is 0.457 e. The molecule has 0 radical (unpaired) electrons. The summed E-state index contributed by atoms with van der Waals surface area (Å²) in [6.07, 6.45) is -1.55. The number of hydrogen-bond donors (Lipinski definition) is 4. The summed E-state index contributed by atoms with van der Waals surface area (Å²) >= 11 is 0. The fraction of sp³-hybridized carbons (Fsp3) is 0.263. The topological polar surface area (TPSA) is 147 Å². The van der Waals surface area contributed by atoms with Crippen LogP contribution in [0, 0.1) is 0 Å². The van der Waals surface area contributed by atoms with Gasteiger partial charge >= 0.3 is 12.2 Å². The maximum absolute atomic E-state index is 10.9. The zero-order chi connectivity index (χ0) is 21.3. The van der Waals surface area contributed by atoms with Gasteiger partial charge in [0.05, 0.1) is 0 Å². The molecule has 2 aromatic rings. The number of amides is 2. The molecule has 0 aromatic heterocycles. The number of benzene rings is 2. The van der Waals surface area contributed by atoms with Crippen molar-refractivity contribution in [2.45, 2.75) is 19.3 Å². The minimum Gasteiger partial charge on any atom is -0.457 e. The SMILES string of the molecule is CC(C)(c1ccc(OCOC(=O)NN)cc1)c1ccc(OCOC(=O)NN)cc1. The Morgan fingerprint density at radius 3 is 1.41 bits per heavy atom. The van der Waals surface area contributed by atoms with E-state index in [-0.39, 0.29) is 19.0 Å². The van der Waals surface area contributed by atoms with Gasteiger partial charge in [0.1, 0.15) is 11.5 Å². The smallest absolute Gasteiger partial charge is 0.424 e. The van der Waals surface area contributed by atoms with Crippen LogP contribution in [-0.4, -0.2) is 25.8 Å². The molecule has 0 heterocycles. The first-order chi connectivity index (χ1) is 13.9. The summed E-state index contributed by atoms with van der Waals surface area (Å²) in [5.41, 5.74) is 5.51. The molecule has 0 bridgehead atoms. The van der Waals surface area contributed by atoms with Crippen LogP contribution in [0.15, 0.2) is 48.5 Å². The summed E-state index contributed by atoms with van der Waals surface area (Å²) in [4.78, 5) is 21.8. The maximum atomic E-state index is 10.9. The van der Waals surface area contributed by atoms with Crippen molar-refractivity contribution < 1.29 is 28.5 Å². The summed E-state index contributed by atoms with van der Waals surface area (Å²) in [6, 6.07) is 14.9. The quantitative estimate of drug-likeness (QED) is 0.226. The second-order valence-electron chi connectivity index (χ2n) is 6.35. The first-order valence-electron chi connectivity index (χ1n) is 8.60. The lowest BCUT2D eigenvalue weighted by Gasteiger charge is -2.26. The molecule has 2 aromatic carbocycles. The molecule has 156 valence electrons. The molecular formula is C19H24N4O6. The van der Waals surface area contributed by atoms with E-state index in [2.05, 4.69) is 23.3 Å². The molecule has 0 unspecified atom stereocenters. The van der Waals surface area contributed by atoms with Crippen LogP contribution < -0.4 is 32.0 Å². The van der Waals surface area contributed by atoms with Gasteiger partial charge in [-0.1, -0.05) is 38.1 Å². The highest BCUT2D eigenvalue weighted by atomic mass is 16.7. The van der Waals surface area contributed by atoms with Crippen molar-refractivity contribution >= 4 is 12.2 Å². The van der Waals surface area contributed by atoms with Crippen LogP contribution in [0.3, 0.4) is 0 Å². The van der Waals surface area contributed by atoms with Gasteiger partial charge in [0, 0.05) is 5.41 Å². The Labute approximate surface area is 168 Å². The van der Waals surface area contributed by atoms with Crippen LogP contribution in [0.2, 0.25) is 0 Å². The third-order valence-electron chi connectivity index (χ3n) is 4.22. The lowest BCUT2D eigenvalue weighted by molar-refractivity contribution is 0.0588. The van der Waals surface area contributed by atoms with E-state index in [1.54, 1.807) is 24.3 Å². The summed E-state index contributed by atoms with van der Waals surface area (Å²) < 4.78 is 20.0. The Hall–Kier alpha value is -3.50. The number of hydrogen-bond acceptors (Lipinski definition) is 8. The average Bonchev–Trinajstić information content (AvgIpc) is 2.74. The van der Waals surface area contributed by atoms with E-state index >= 15 is 0 Å². The predicted octanol–water partition coefficient (Wildman–Crippen LogP) is 1.88. The van der Waals surface area contributed by atoms with Gasteiger partial charge < -0.3 is 18.9 Å². The molecule has 0 fully saturated rings. The van der Waals surface area contributed by atoms with Crippen molar-refractivity contribution in [3.63, 3.8) is 0 Å². The fourth-order valence-corrected chi connectivity index (χ4v) is 2.49. The van der Waals surface area contributed by atoms with E-state index in [9.17, 15) is 9.59 Å². The average molecular weight is 404 g/mol. The Morgan fingerprint density at radius 1 is 0.759 bits per heavy atom. The van der Waals surface area contributed by atoms with Crippen molar-refractivity contribution in [1.29, 1.82) is 0 Å². The third kappa shape index (κ3) is 6.26. The molecule has 2 amide bonds. The molecule has 10 heteroatoms. The number of nitrogens with two attached hydrogens (primary N) is 2. The zero-order valence-corrected chi connectivity index (χ0v) is 16.1. The highest BCUT2D eigenvalue weighted by molar-refractivity contribution is 5.66. The second-order valence-corrected chi connectivity index (χ2v) is 6.35. The molecule has 0 atom stereocenters. The molecule has 0 saturated carbocycles. The number of carbonyl (C=O) groups excluding carboxylic acids is 2. The van der Waals surface area contributed by atoms with Crippen molar-refractivity contribution in [2.75, 3.05) is 13.6 Å². The van der Waals surface area contributed by atoms with E-state index in [4.69, 9.17) is 21.2 Å². The maximum Gasteiger partial charge on any atom is 0.424 e. The third-order valence-corrected chi connectivity index (χ3v) is 4.22. The standard InChI is InChI=1S/C19H24N4O6/c1-19(2,13-3-7-15(8-4-13)26-11-28-17(24)22-20)14-5-9-16(10-6-14)27-12-29-18(25)23-21/h3-10H,11-12,20-21H2,1-2H3,(H,22,24)(H,23,25). The first-order valence-corrected chi connectivity index (χ1v) is 8.60. The van der Waals surface area contributed by atoms with Crippen LogP contribution in [0.25, 0.3) is 0 Å². The van der Waals surface area contributed by atoms with Gasteiger partial charge in [0.2, 0.25) is 13.6 Å². The van der Waals surface area contributed by atoms with Crippen LogP contribution >= 0.6 is 0 Å². The van der Waals surface area contributed by atoms with E-state index in [1.165, 1.54) is 0 Å². The lowest BCUT2D eigenvalue weighted by atomic mass is 9.78. The lowest BCUT2D eigenvalue weighted by Crippen LogP contribution is -2.31. The zero-order valence-electron chi connectivity index (χ0n) is 16.1. The molecule has 2 rings (SSSR count). The minimum atomic E-state index is -0.774. The summed E-state index contributed by atoms with van der Waals surface area (Å²) in [7, 11) is 0. The summed E-state index contributed by atoms with van der Waals surface area (Å²) in [5.74, 6) is 10.9. The Bertz CT molecular complexity index is 741. The van der Waals surface area contributed by atoms with E-state index in [0.29, 0.717) is 11.5 Å². The second kappa shape index (κ2) is 10.2. The van der Waals surface area contributed by atoms with Gasteiger partial charge in [-0.2, -0.15) is 0 Å². The Kier molecular flexibility index (Phi) is 7.63. The van der Waals surface area contributed by atoms with Gasteiger partial charge in [-0.05, 0) is 35.4 Å². The molecule has 0 spiro atoms. The normalized spacial score (nSPS) is 10.6. The number of carbonyl (C=O) groups is 2. The Balaban J connectivity index is 1.96. The molecule has 0 aliphatic carbocycles. The molecule has 6 N–H and O–H groups in total. The van der Waals surface area contributed by atoms with Crippen molar-refractivity contribution in [1.82, 2.24) is 10.9 Å². The van der Waals surface area contributed by atoms with Crippen LogP contribution in [-0.2, 0) is 14.9 Å². The number of nitrogens with one attached hydrogen (secondary N) is 2. The molecule has 0 aliphatic heterocycles. The van der Waals surface area contributed by atoms with Crippen molar-refractivity contribution in [3.8, 4) is 11.5 Å². The first kappa shape index (κ1) is 21.8. The van der Waals surface area contributed by atoms with E-state index in [0.717, 1.165) is 11.1 Å². The minimum absolute atomic E-state index is 0.246. The Morgan fingerprint density at radius 2 is 1.10 bits per heavy atom. The fourth-order valence-electron chi connectivity index (χ4n) is 2.49. The van der Waals surface area contributed by atoms with Crippen molar-refractivity contribution in [3.05, 3.63) is 59.7 Å².